The molecule has 0 spiro atoms. The van der Waals surface area contributed by atoms with Crippen LogP contribution in [0.2, 0.25) is 5.02 Å². The molecule has 0 bridgehead atoms. The molecule has 1 atom stereocenters. The van der Waals surface area contributed by atoms with Crippen LogP contribution < -0.4 is 5.32 Å². The van der Waals surface area contributed by atoms with Crippen molar-refractivity contribution in [1.82, 2.24) is 0 Å². The van der Waals surface area contributed by atoms with Crippen LogP contribution in [-0.4, -0.2) is 11.0 Å². The number of carbonyl (C=O) groups excluding carboxylic acids is 1. The first kappa shape index (κ1) is 14.6. The van der Waals surface area contributed by atoms with E-state index in [1.165, 1.54) is 0 Å². The van der Waals surface area contributed by atoms with E-state index in [0.717, 1.165) is 11.1 Å². The van der Waals surface area contributed by atoms with E-state index in [0.29, 0.717) is 17.1 Å². The van der Waals surface area contributed by atoms with Gasteiger partial charge in [0.1, 0.15) is 0 Å². The van der Waals surface area contributed by atoms with E-state index in [1.807, 2.05) is 12.1 Å². The van der Waals surface area contributed by atoms with Crippen LogP contribution in [0, 0.1) is 0 Å². The van der Waals surface area contributed by atoms with Gasteiger partial charge in [-0.05, 0) is 42.3 Å². The van der Waals surface area contributed by atoms with Gasteiger partial charge in [-0.25, -0.2) is 0 Å². The third kappa shape index (κ3) is 4.08. The minimum absolute atomic E-state index is 0.0860. The van der Waals surface area contributed by atoms with Crippen molar-refractivity contribution in [1.29, 1.82) is 0 Å². The molecule has 2 rings (SSSR count). The van der Waals surface area contributed by atoms with Crippen molar-refractivity contribution in [2.45, 2.75) is 19.4 Å². The van der Waals surface area contributed by atoms with E-state index in [1.54, 1.807) is 43.3 Å². The Hall–Kier alpha value is -1.84. The normalized spacial score (nSPS) is 11.9. The Morgan fingerprint density at radius 1 is 1.15 bits per heavy atom. The summed E-state index contributed by atoms with van der Waals surface area (Å²) in [5.74, 6) is -0.0860. The number of amides is 1. The summed E-state index contributed by atoms with van der Waals surface area (Å²) < 4.78 is 0. The molecule has 2 aromatic rings. The highest BCUT2D eigenvalue weighted by Crippen LogP contribution is 2.16. The molecule has 0 aliphatic heterocycles. The molecule has 0 aliphatic rings. The molecule has 0 saturated carbocycles. The topological polar surface area (TPSA) is 49.3 Å². The highest BCUT2D eigenvalue weighted by molar-refractivity contribution is 6.30. The Labute approximate surface area is 123 Å². The van der Waals surface area contributed by atoms with Gasteiger partial charge in [0, 0.05) is 10.7 Å². The molecule has 0 radical (unpaired) electrons. The Balaban J connectivity index is 1.95. The second-order valence-corrected chi connectivity index (χ2v) is 5.09. The molecule has 0 saturated heterocycles. The molecule has 0 aromatic heterocycles. The summed E-state index contributed by atoms with van der Waals surface area (Å²) in [4.78, 5) is 11.9. The summed E-state index contributed by atoms with van der Waals surface area (Å²) in [6.45, 7) is 1.70. The van der Waals surface area contributed by atoms with Crippen LogP contribution in [0.4, 0.5) is 5.69 Å². The van der Waals surface area contributed by atoms with E-state index < -0.39 is 6.10 Å². The second-order valence-electron chi connectivity index (χ2n) is 4.65. The fraction of sp³-hybridized carbons (Fsp3) is 0.188. The van der Waals surface area contributed by atoms with Crippen molar-refractivity contribution in [3.05, 3.63) is 64.7 Å². The zero-order valence-corrected chi connectivity index (χ0v) is 11.9. The van der Waals surface area contributed by atoms with Crippen molar-refractivity contribution in [2.24, 2.45) is 0 Å². The van der Waals surface area contributed by atoms with E-state index in [-0.39, 0.29) is 5.91 Å². The molecule has 3 nitrogen and oxygen atoms in total. The summed E-state index contributed by atoms with van der Waals surface area (Å²) in [7, 11) is 0. The van der Waals surface area contributed by atoms with Gasteiger partial charge in [0.05, 0.1) is 12.5 Å². The van der Waals surface area contributed by atoms with E-state index in [4.69, 9.17) is 11.6 Å². The standard InChI is InChI=1S/C16H16ClNO2/c1-11(19)13-4-8-15(9-5-13)18-16(20)10-12-2-6-14(17)7-3-12/h2-9,11,19H,10H2,1H3,(H,18,20). The predicted molar refractivity (Wildman–Crippen MR) is 80.9 cm³/mol. The van der Waals surface area contributed by atoms with Crippen LogP contribution in [0.25, 0.3) is 0 Å². The second kappa shape index (κ2) is 6.55. The van der Waals surface area contributed by atoms with E-state index in [9.17, 15) is 9.90 Å². The summed E-state index contributed by atoms with van der Waals surface area (Å²) in [5, 5.41) is 12.9. The highest BCUT2D eigenvalue weighted by Gasteiger charge is 2.05. The van der Waals surface area contributed by atoms with Crippen LogP contribution in [0.1, 0.15) is 24.2 Å². The molecule has 0 heterocycles. The first-order chi connectivity index (χ1) is 9.54. The van der Waals surface area contributed by atoms with Gasteiger partial charge in [-0.15, -0.1) is 0 Å². The Morgan fingerprint density at radius 3 is 2.30 bits per heavy atom. The summed E-state index contributed by atoms with van der Waals surface area (Å²) in [5.41, 5.74) is 2.45. The largest absolute Gasteiger partial charge is 0.389 e. The van der Waals surface area contributed by atoms with Gasteiger partial charge in [-0.1, -0.05) is 35.9 Å². The lowest BCUT2D eigenvalue weighted by atomic mass is 10.1. The van der Waals surface area contributed by atoms with Gasteiger partial charge in [-0.3, -0.25) is 4.79 Å². The van der Waals surface area contributed by atoms with Gasteiger partial charge in [0.25, 0.3) is 0 Å². The van der Waals surface area contributed by atoms with Gasteiger partial charge in [0.2, 0.25) is 5.91 Å². The Bertz CT molecular complexity index is 576. The molecule has 2 N–H and O–H groups in total. The molecule has 0 aliphatic carbocycles. The zero-order chi connectivity index (χ0) is 14.5. The van der Waals surface area contributed by atoms with Crippen LogP contribution >= 0.6 is 11.6 Å². The van der Waals surface area contributed by atoms with Gasteiger partial charge >= 0.3 is 0 Å². The molecule has 1 unspecified atom stereocenters. The van der Waals surface area contributed by atoms with Gasteiger partial charge < -0.3 is 10.4 Å². The molecule has 1 amide bonds. The molecule has 20 heavy (non-hydrogen) atoms. The average Bonchev–Trinajstić information content (AvgIpc) is 2.42. The SMILES string of the molecule is CC(O)c1ccc(NC(=O)Cc2ccc(Cl)cc2)cc1. The number of aliphatic hydroxyl groups is 1. The van der Waals surface area contributed by atoms with Crippen molar-refractivity contribution >= 4 is 23.2 Å². The number of carbonyl (C=O) groups is 1. The van der Waals surface area contributed by atoms with Crippen molar-refractivity contribution in [2.75, 3.05) is 5.32 Å². The molecule has 4 heteroatoms. The molecule has 2 aromatic carbocycles. The van der Waals surface area contributed by atoms with E-state index in [2.05, 4.69) is 5.32 Å². The summed E-state index contributed by atoms with van der Waals surface area (Å²) in [6, 6.07) is 14.3. The minimum Gasteiger partial charge on any atom is -0.389 e. The maximum absolute atomic E-state index is 11.9. The molecular weight excluding hydrogens is 274 g/mol. The van der Waals surface area contributed by atoms with Crippen LogP contribution in [0.15, 0.2) is 48.5 Å². The maximum atomic E-state index is 11.9. The van der Waals surface area contributed by atoms with Gasteiger partial charge in [0.15, 0.2) is 0 Å². The van der Waals surface area contributed by atoms with Gasteiger partial charge in [-0.2, -0.15) is 0 Å². The first-order valence-electron chi connectivity index (χ1n) is 6.37. The summed E-state index contributed by atoms with van der Waals surface area (Å²) >= 11 is 5.80. The minimum atomic E-state index is -0.506. The molecular formula is C16H16ClNO2. The number of rotatable bonds is 4. The Kier molecular flexibility index (Phi) is 4.77. The third-order valence-corrected chi connectivity index (χ3v) is 3.21. The molecule has 0 fully saturated rings. The number of nitrogens with one attached hydrogen (secondary N) is 1. The lowest BCUT2D eigenvalue weighted by Gasteiger charge is -2.08. The van der Waals surface area contributed by atoms with Crippen molar-refractivity contribution < 1.29 is 9.90 Å². The quantitative estimate of drug-likeness (QED) is 0.904. The van der Waals surface area contributed by atoms with Crippen LogP contribution in [0.3, 0.4) is 0 Å². The lowest BCUT2D eigenvalue weighted by Crippen LogP contribution is -2.14. The fourth-order valence-electron chi connectivity index (χ4n) is 1.84. The van der Waals surface area contributed by atoms with Crippen LogP contribution in [-0.2, 0) is 11.2 Å². The monoisotopic (exact) mass is 289 g/mol. The number of benzene rings is 2. The van der Waals surface area contributed by atoms with E-state index >= 15 is 0 Å². The number of halogens is 1. The zero-order valence-electron chi connectivity index (χ0n) is 11.1. The third-order valence-electron chi connectivity index (χ3n) is 2.95. The van der Waals surface area contributed by atoms with Crippen LogP contribution in [0.5, 0.6) is 0 Å². The Morgan fingerprint density at radius 2 is 1.75 bits per heavy atom. The summed E-state index contributed by atoms with van der Waals surface area (Å²) in [6.07, 6.45) is -0.205. The van der Waals surface area contributed by atoms with Crippen molar-refractivity contribution in [3.63, 3.8) is 0 Å². The number of hydrogen-bond donors (Lipinski definition) is 2. The number of anilines is 1. The van der Waals surface area contributed by atoms with Crippen molar-refractivity contribution in [3.8, 4) is 0 Å². The predicted octanol–water partition coefficient (Wildman–Crippen LogP) is 3.57. The maximum Gasteiger partial charge on any atom is 0.228 e. The number of aliphatic hydroxyl groups excluding tert-OH is 1. The first-order valence-corrected chi connectivity index (χ1v) is 6.75. The molecule has 104 valence electrons. The highest BCUT2D eigenvalue weighted by atomic mass is 35.5. The number of hydrogen-bond acceptors (Lipinski definition) is 2. The lowest BCUT2D eigenvalue weighted by molar-refractivity contribution is -0.115. The smallest absolute Gasteiger partial charge is 0.228 e. The average molecular weight is 290 g/mol. The fourth-order valence-corrected chi connectivity index (χ4v) is 1.96.